The van der Waals surface area contributed by atoms with E-state index in [1.807, 2.05) is 0 Å². The molecule has 8 heavy (non-hydrogen) atoms. The van der Waals surface area contributed by atoms with Gasteiger partial charge in [0.25, 0.3) is 3.98 Å². The number of alkyl halides is 3. The van der Waals surface area contributed by atoms with Gasteiger partial charge in [-0.05, 0) is 0 Å². The molecule has 0 fully saturated rings. The monoisotopic (exact) mass is 178 g/mol. The van der Waals surface area contributed by atoms with Crippen molar-refractivity contribution in [2.45, 2.75) is 10.5 Å². The van der Waals surface area contributed by atoms with Crippen LogP contribution in [0.25, 0.3) is 0 Å². The molecule has 3 nitrogen and oxygen atoms in total. The first-order valence-electron chi connectivity index (χ1n) is 1.48. The molecule has 6 heteroatoms. The van der Waals surface area contributed by atoms with Crippen LogP contribution in [0.15, 0.2) is 0 Å². The van der Waals surface area contributed by atoms with Gasteiger partial charge in [0.2, 0.25) is 0 Å². The molecule has 0 aliphatic rings. The van der Waals surface area contributed by atoms with Gasteiger partial charge < -0.3 is 14.9 Å². The lowest BCUT2D eigenvalue weighted by molar-refractivity contribution is -0.720. The topological polar surface area (TPSA) is 55.3 Å². The first kappa shape index (κ1) is 8.75. The Labute approximate surface area is 60.7 Å². The van der Waals surface area contributed by atoms with E-state index in [1.54, 1.807) is 0 Å². The highest BCUT2D eigenvalue weighted by molar-refractivity contribution is 6.66. The lowest BCUT2D eigenvalue weighted by atomic mass is 11.3. The molecule has 0 N–H and O–H groups in total. The Balaban J connectivity index is 3.39. The zero-order valence-corrected chi connectivity index (χ0v) is 5.70. The second-order valence-corrected chi connectivity index (χ2v) is 3.03. The van der Waals surface area contributed by atoms with Crippen LogP contribution in [-0.4, -0.2) is 10.5 Å². The zero-order valence-electron chi connectivity index (χ0n) is 3.44. The molecule has 0 aliphatic heterocycles. The summed E-state index contributed by atoms with van der Waals surface area (Å²) in [7, 11) is 0. The highest BCUT2D eigenvalue weighted by Crippen LogP contribution is 2.26. The van der Waals surface area contributed by atoms with Crippen LogP contribution in [0.1, 0.15) is 0 Å². The summed E-state index contributed by atoms with van der Waals surface area (Å²) in [6, 6.07) is 0. The minimum atomic E-state index is -2.55. The van der Waals surface area contributed by atoms with Crippen LogP contribution in [0, 0.1) is 0 Å². The summed E-state index contributed by atoms with van der Waals surface area (Å²) in [5.74, 6) is 0. The van der Waals surface area contributed by atoms with Crippen molar-refractivity contribution in [2.24, 2.45) is 0 Å². The van der Waals surface area contributed by atoms with Crippen molar-refractivity contribution >= 4 is 34.8 Å². The second kappa shape index (κ2) is 3.06. The highest BCUT2D eigenvalue weighted by Gasteiger charge is 2.17. The van der Waals surface area contributed by atoms with Crippen molar-refractivity contribution in [3.63, 3.8) is 0 Å². The van der Waals surface area contributed by atoms with E-state index in [2.05, 4.69) is 4.74 Å². The van der Waals surface area contributed by atoms with Gasteiger partial charge >= 0.3 is 0 Å². The van der Waals surface area contributed by atoms with Crippen LogP contribution < -0.4 is 10.2 Å². The molecular formula is C2HCl3O3-2. The van der Waals surface area contributed by atoms with Gasteiger partial charge in [-0.15, -0.1) is 6.48 Å². The van der Waals surface area contributed by atoms with E-state index in [0.717, 1.165) is 0 Å². The number of ether oxygens (including phenoxy) is 1. The van der Waals surface area contributed by atoms with E-state index >= 15 is 0 Å². The Bertz CT molecular complexity index is 67.4. The fraction of sp³-hybridized carbons (Fsp3) is 1.00. The number of halogens is 3. The lowest BCUT2D eigenvalue weighted by Crippen LogP contribution is -2.44. The quantitative estimate of drug-likeness (QED) is 0.396. The van der Waals surface area contributed by atoms with E-state index in [0.29, 0.717) is 0 Å². The number of rotatable bonds is 1. The van der Waals surface area contributed by atoms with E-state index in [-0.39, 0.29) is 0 Å². The smallest absolute Gasteiger partial charge is 0.295 e. The molecule has 0 aromatic heterocycles. The lowest BCUT2D eigenvalue weighted by Gasteiger charge is -2.31. The third kappa shape index (κ3) is 6.75. The molecule has 0 aromatic carbocycles. The Morgan fingerprint density at radius 2 is 1.62 bits per heavy atom. The van der Waals surface area contributed by atoms with E-state index in [9.17, 15) is 10.2 Å². The Morgan fingerprint density at radius 3 is 1.62 bits per heavy atom. The Morgan fingerprint density at radius 1 is 1.25 bits per heavy atom. The fourth-order valence-electron chi connectivity index (χ4n) is 0.109. The van der Waals surface area contributed by atoms with E-state index in [1.165, 1.54) is 0 Å². The van der Waals surface area contributed by atoms with Crippen molar-refractivity contribution in [1.29, 1.82) is 0 Å². The minimum Gasteiger partial charge on any atom is -0.845 e. The molecule has 0 heterocycles. The van der Waals surface area contributed by atoms with Gasteiger partial charge in [-0.25, -0.2) is 0 Å². The zero-order chi connectivity index (χ0) is 6.78. The van der Waals surface area contributed by atoms with Crippen molar-refractivity contribution < 1.29 is 14.9 Å². The predicted molar refractivity (Wildman–Crippen MR) is 25.2 cm³/mol. The average molecular weight is 179 g/mol. The SMILES string of the molecule is [O-]C([O-])OC(Cl)(Cl)Cl. The van der Waals surface area contributed by atoms with Crippen molar-refractivity contribution in [3.8, 4) is 0 Å². The molecule has 0 rings (SSSR count). The molecule has 0 radical (unpaired) electrons. The van der Waals surface area contributed by atoms with Crippen LogP contribution in [0.4, 0.5) is 0 Å². The standard InChI is InChI=1S/C2HCl3O3/c3-2(4,5)8-1(6)7/h1H/q-2. The van der Waals surface area contributed by atoms with Crippen LogP contribution in [-0.2, 0) is 4.74 Å². The normalized spacial score (nSPS) is 12.8. The fourth-order valence-corrected chi connectivity index (χ4v) is 0.327. The summed E-state index contributed by atoms with van der Waals surface area (Å²) in [4.78, 5) is 0. The molecule has 0 aliphatic carbocycles. The first-order valence-corrected chi connectivity index (χ1v) is 2.61. The molecule has 0 saturated carbocycles. The van der Waals surface area contributed by atoms with E-state index < -0.39 is 10.5 Å². The molecule has 0 unspecified atom stereocenters. The number of hydrogen-bond donors (Lipinski definition) is 0. The largest absolute Gasteiger partial charge is 0.845 e. The maximum Gasteiger partial charge on any atom is 0.295 e. The van der Waals surface area contributed by atoms with Crippen LogP contribution in [0.5, 0.6) is 0 Å². The first-order chi connectivity index (χ1) is 3.42. The molecule has 50 valence electrons. The van der Waals surface area contributed by atoms with Gasteiger partial charge in [0.15, 0.2) is 0 Å². The maximum atomic E-state index is 9.51. The van der Waals surface area contributed by atoms with Gasteiger partial charge in [-0.2, -0.15) is 0 Å². The maximum absolute atomic E-state index is 9.51. The average Bonchev–Trinajstić information content (AvgIpc) is 1.21. The van der Waals surface area contributed by atoms with Gasteiger partial charge in [-0.1, -0.05) is 34.8 Å². The van der Waals surface area contributed by atoms with Crippen LogP contribution in [0.2, 0.25) is 0 Å². The van der Waals surface area contributed by atoms with Gasteiger partial charge in [0.1, 0.15) is 0 Å². The summed E-state index contributed by atoms with van der Waals surface area (Å²) < 4.78 is 1.44. The molecule has 0 atom stereocenters. The highest BCUT2D eigenvalue weighted by atomic mass is 35.6. The predicted octanol–water partition coefficient (Wildman–Crippen LogP) is -0.665. The van der Waals surface area contributed by atoms with Gasteiger partial charge in [-0.3, -0.25) is 0 Å². The summed E-state index contributed by atoms with van der Waals surface area (Å²) in [6.45, 7) is -2.55. The van der Waals surface area contributed by atoms with Crippen LogP contribution >= 0.6 is 34.8 Å². The molecule has 0 saturated heterocycles. The minimum absolute atomic E-state index is 2.19. The summed E-state index contributed by atoms with van der Waals surface area (Å²) in [6.07, 6.45) is 0. The molecular weight excluding hydrogens is 178 g/mol. The Hall–Kier alpha value is 0.750. The van der Waals surface area contributed by atoms with Crippen LogP contribution in [0.3, 0.4) is 0 Å². The van der Waals surface area contributed by atoms with Gasteiger partial charge in [0, 0.05) is 0 Å². The molecule has 0 amide bonds. The molecule has 0 aromatic rings. The van der Waals surface area contributed by atoms with Crippen molar-refractivity contribution in [3.05, 3.63) is 0 Å². The second-order valence-electron chi connectivity index (χ2n) is 0.852. The molecule has 0 bridgehead atoms. The van der Waals surface area contributed by atoms with Gasteiger partial charge in [0.05, 0.1) is 0 Å². The van der Waals surface area contributed by atoms with E-state index in [4.69, 9.17) is 34.8 Å². The number of hydrogen-bond acceptors (Lipinski definition) is 3. The Kier molecular flexibility index (Phi) is 3.34. The third-order valence-electron chi connectivity index (χ3n) is 0.230. The summed E-state index contributed by atoms with van der Waals surface area (Å²) in [5.41, 5.74) is 0. The third-order valence-corrected chi connectivity index (χ3v) is 0.497. The van der Waals surface area contributed by atoms with Crippen molar-refractivity contribution in [1.82, 2.24) is 0 Å². The van der Waals surface area contributed by atoms with Crippen molar-refractivity contribution in [2.75, 3.05) is 0 Å². The molecule has 0 spiro atoms. The summed E-state index contributed by atoms with van der Waals surface area (Å²) in [5, 5.41) is 19.0. The summed E-state index contributed by atoms with van der Waals surface area (Å²) >= 11 is 14.5.